The second kappa shape index (κ2) is 10.7. The van der Waals surface area contributed by atoms with Crippen molar-refractivity contribution in [3.63, 3.8) is 0 Å². The number of hydrogen-bond acceptors (Lipinski definition) is 5. The van der Waals surface area contributed by atoms with E-state index in [9.17, 15) is 18.8 Å². The minimum absolute atomic E-state index is 0.179. The van der Waals surface area contributed by atoms with Crippen molar-refractivity contribution in [3.05, 3.63) is 52.1 Å². The van der Waals surface area contributed by atoms with E-state index in [1.54, 1.807) is 32.4 Å². The van der Waals surface area contributed by atoms with Crippen LogP contribution in [0, 0.1) is 26.6 Å². The molecule has 0 bridgehead atoms. The van der Waals surface area contributed by atoms with Crippen LogP contribution >= 0.6 is 0 Å². The maximum atomic E-state index is 13.5. The molecule has 2 N–H and O–H groups in total. The van der Waals surface area contributed by atoms with Crippen LogP contribution in [0.25, 0.3) is 0 Å². The summed E-state index contributed by atoms with van der Waals surface area (Å²) in [6.07, 6.45) is 0.731. The SMILES string of the molecule is Cc1cc(NC(=O)c2c(C)c(C(=O)C(=O)NCCCN3CCOCC3)n(C)c2C)ccc1F. The quantitative estimate of drug-likeness (QED) is 0.360. The van der Waals surface area contributed by atoms with Gasteiger partial charge in [0.2, 0.25) is 0 Å². The summed E-state index contributed by atoms with van der Waals surface area (Å²) in [7, 11) is 1.65. The predicted molar refractivity (Wildman–Crippen MR) is 123 cm³/mol. The molecule has 8 nitrogen and oxygen atoms in total. The number of halogens is 1. The second-order valence-corrected chi connectivity index (χ2v) is 8.30. The molecule has 0 aliphatic carbocycles. The minimum Gasteiger partial charge on any atom is -0.379 e. The van der Waals surface area contributed by atoms with E-state index in [0.29, 0.717) is 47.8 Å². The number of carbonyl (C=O) groups excluding carboxylic acids is 3. The van der Waals surface area contributed by atoms with Gasteiger partial charge in [-0.15, -0.1) is 0 Å². The molecule has 2 aromatic rings. The van der Waals surface area contributed by atoms with E-state index in [1.165, 1.54) is 18.2 Å². The third-order valence-electron chi connectivity index (χ3n) is 6.04. The molecule has 178 valence electrons. The third kappa shape index (κ3) is 5.66. The number of aromatic nitrogens is 1. The smallest absolute Gasteiger partial charge is 0.294 e. The highest BCUT2D eigenvalue weighted by molar-refractivity contribution is 6.43. The molecule has 1 aromatic heterocycles. The summed E-state index contributed by atoms with van der Waals surface area (Å²) in [5.41, 5.74) is 2.36. The Labute approximate surface area is 193 Å². The van der Waals surface area contributed by atoms with Gasteiger partial charge in [0, 0.05) is 38.1 Å². The van der Waals surface area contributed by atoms with Crippen molar-refractivity contribution in [1.29, 1.82) is 0 Å². The second-order valence-electron chi connectivity index (χ2n) is 8.30. The number of anilines is 1. The highest BCUT2D eigenvalue weighted by Gasteiger charge is 2.28. The van der Waals surface area contributed by atoms with Gasteiger partial charge >= 0.3 is 0 Å². The van der Waals surface area contributed by atoms with Crippen molar-refractivity contribution < 1.29 is 23.5 Å². The van der Waals surface area contributed by atoms with Crippen molar-refractivity contribution in [2.75, 3.05) is 44.7 Å². The Morgan fingerprint density at radius 1 is 1.12 bits per heavy atom. The number of benzene rings is 1. The lowest BCUT2D eigenvalue weighted by Crippen LogP contribution is -2.39. The molecule has 0 atom stereocenters. The normalized spacial score (nSPS) is 14.2. The summed E-state index contributed by atoms with van der Waals surface area (Å²) >= 11 is 0. The van der Waals surface area contributed by atoms with Crippen LogP contribution in [0.15, 0.2) is 18.2 Å². The van der Waals surface area contributed by atoms with Gasteiger partial charge in [0.25, 0.3) is 17.6 Å². The molecule has 0 unspecified atom stereocenters. The molecule has 1 aliphatic rings. The van der Waals surface area contributed by atoms with Crippen LogP contribution in [0.2, 0.25) is 0 Å². The summed E-state index contributed by atoms with van der Waals surface area (Å²) in [6.45, 7) is 9.37. The summed E-state index contributed by atoms with van der Waals surface area (Å²) < 4.78 is 20.4. The lowest BCUT2D eigenvalue weighted by Gasteiger charge is -2.26. The molecule has 0 saturated carbocycles. The number of ether oxygens (including phenoxy) is 1. The maximum Gasteiger partial charge on any atom is 0.294 e. The number of rotatable bonds is 8. The molecule has 0 spiro atoms. The molecule has 9 heteroatoms. The molecule has 1 fully saturated rings. The fraction of sp³-hybridized carbons (Fsp3) is 0.458. The molecule has 1 aliphatic heterocycles. The van der Waals surface area contributed by atoms with Crippen LogP contribution in [0.1, 0.15) is 44.1 Å². The van der Waals surface area contributed by atoms with Crippen molar-refractivity contribution in [2.24, 2.45) is 7.05 Å². The van der Waals surface area contributed by atoms with E-state index in [2.05, 4.69) is 15.5 Å². The first kappa shape index (κ1) is 24.6. The Morgan fingerprint density at radius 2 is 1.82 bits per heavy atom. The number of ketones is 1. The minimum atomic E-state index is -0.693. The van der Waals surface area contributed by atoms with Crippen molar-refractivity contribution in [1.82, 2.24) is 14.8 Å². The van der Waals surface area contributed by atoms with Gasteiger partial charge in [-0.05, 0) is 63.1 Å². The molecule has 1 saturated heterocycles. The van der Waals surface area contributed by atoms with Gasteiger partial charge in [-0.1, -0.05) is 0 Å². The first-order valence-corrected chi connectivity index (χ1v) is 11.1. The lowest BCUT2D eigenvalue weighted by molar-refractivity contribution is -0.117. The number of aryl methyl sites for hydroxylation is 1. The first-order chi connectivity index (χ1) is 15.7. The van der Waals surface area contributed by atoms with Crippen LogP contribution in [0.3, 0.4) is 0 Å². The monoisotopic (exact) mass is 458 g/mol. The van der Waals surface area contributed by atoms with Crippen molar-refractivity contribution in [3.8, 4) is 0 Å². The van der Waals surface area contributed by atoms with E-state index in [1.807, 2.05) is 0 Å². The van der Waals surface area contributed by atoms with Gasteiger partial charge < -0.3 is 19.9 Å². The summed E-state index contributed by atoms with van der Waals surface area (Å²) in [5, 5.41) is 5.43. The maximum absolute atomic E-state index is 13.5. The molecular formula is C24H31FN4O4. The van der Waals surface area contributed by atoms with Gasteiger partial charge in [0.05, 0.1) is 24.5 Å². The van der Waals surface area contributed by atoms with E-state index in [0.717, 1.165) is 26.1 Å². The molecular weight excluding hydrogens is 427 g/mol. The Balaban J connectivity index is 1.65. The number of amides is 2. The van der Waals surface area contributed by atoms with E-state index < -0.39 is 17.6 Å². The number of Topliss-reactive ketones (excluding diaryl/α,β-unsaturated/α-hetero) is 1. The van der Waals surface area contributed by atoms with Crippen LogP contribution in [0.5, 0.6) is 0 Å². The Morgan fingerprint density at radius 3 is 2.48 bits per heavy atom. The van der Waals surface area contributed by atoms with Crippen LogP contribution in [-0.2, 0) is 16.6 Å². The Kier molecular flexibility index (Phi) is 7.99. The molecule has 0 radical (unpaired) electrons. The van der Waals surface area contributed by atoms with Gasteiger partial charge in [0.15, 0.2) is 0 Å². The summed E-state index contributed by atoms with van der Waals surface area (Å²) in [4.78, 5) is 40.6. The summed E-state index contributed by atoms with van der Waals surface area (Å²) in [5.74, 6) is -2.15. The fourth-order valence-electron chi connectivity index (χ4n) is 4.07. The Bertz CT molecular complexity index is 1060. The standard InChI is InChI=1S/C24H31FN4O4/c1-15-14-18(6-7-19(15)25)27-23(31)20-16(2)21(28(4)17(20)3)22(30)24(32)26-8-5-9-29-10-12-33-13-11-29/h6-7,14H,5,8-13H2,1-4H3,(H,26,32)(H,27,31). The van der Waals surface area contributed by atoms with Crippen molar-refractivity contribution >= 4 is 23.3 Å². The van der Waals surface area contributed by atoms with Gasteiger partial charge in [-0.3, -0.25) is 19.3 Å². The van der Waals surface area contributed by atoms with Crippen molar-refractivity contribution in [2.45, 2.75) is 27.2 Å². The lowest BCUT2D eigenvalue weighted by atomic mass is 10.1. The molecule has 2 amide bonds. The van der Waals surface area contributed by atoms with Gasteiger partial charge in [-0.25, -0.2) is 4.39 Å². The molecule has 3 rings (SSSR count). The highest BCUT2D eigenvalue weighted by Crippen LogP contribution is 2.23. The number of nitrogens with zero attached hydrogens (tertiary/aromatic N) is 2. The zero-order valence-electron chi connectivity index (χ0n) is 19.6. The average molecular weight is 459 g/mol. The predicted octanol–water partition coefficient (Wildman–Crippen LogP) is 2.36. The molecule has 2 heterocycles. The first-order valence-electron chi connectivity index (χ1n) is 11.1. The largest absolute Gasteiger partial charge is 0.379 e. The van der Waals surface area contributed by atoms with Crippen LogP contribution in [-0.4, -0.2) is 66.5 Å². The zero-order valence-corrected chi connectivity index (χ0v) is 19.6. The fourth-order valence-corrected chi connectivity index (χ4v) is 4.07. The number of hydrogen-bond donors (Lipinski definition) is 2. The molecule has 1 aromatic carbocycles. The number of nitrogens with one attached hydrogen (secondary N) is 2. The molecule has 33 heavy (non-hydrogen) atoms. The average Bonchev–Trinajstić information content (AvgIpc) is 3.02. The third-order valence-corrected chi connectivity index (χ3v) is 6.04. The van der Waals surface area contributed by atoms with E-state index >= 15 is 0 Å². The van der Waals surface area contributed by atoms with Gasteiger partial charge in [0.1, 0.15) is 5.82 Å². The zero-order chi connectivity index (χ0) is 24.1. The Hall–Kier alpha value is -3.04. The highest BCUT2D eigenvalue weighted by atomic mass is 19.1. The van der Waals surface area contributed by atoms with Gasteiger partial charge in [-0.2, -0.15) is 0 Å². The van der Waals surface area contributed by atoms with Crippen LogP contribution in [0.4, 0.5) is 10.1 Å². The van der Waals surface area contributed by atoms with E-state index in [-0.39, 0.29) is 11.5 Å². The topological polar surface area (TPSA) is 92.7 Å². The number of morpholine rings is 1. The van der Waals surface area contributed by atoms with Crippen LogP contribution < -0.4 is 10.6 Å². The summed E-state index contributed by atoms with van der Waals surface area (Å²) in [6, 6.07) is 4.30. The van der Waals surface area contributed by atoms with E-state index in [4.69, 9.17) is 4.74 Å². The number of carbonyl (C=O) groups is 3.